The van der Waals surface area contributed by atoms with Crippen molar-refractivity contribution in [2.45, 2.75) is 19.8 Å². The fourth-order valence-corrected chi connectivity index (χ4v) is 2.10. The van der Waals surface area contributed by atoms with E-state index in [2.05, 4.69) is 5.11 Å². The van der Waals surface area contributed by atoms with Crippen LogP contribution in [0.5, 0.6) is 0 Å². The van der Waals surface area contributed by atoms with E-state index in [4.69, 9.17) is 5.53 Å². The van der Waals surface area contributed by atoms with Gasteiger partial charge in [-0.05, 0) is 24.5 Å². The first kappa shape index (κ1) is 10.8. The number of amides is 1. The summed E-state index contributed by atoms with van der Waals surface area (Å²) in [6.45, 7) is 2.07. The molecule has 1 N–H and O–H groups in total. The first-order valence-electron chi connectivity index (χ1n) is 5.50. The van der Waals surface area contributed by atoms with Crippen LogP contribution >= 0.6 is 0 Å². The maximum Gasteiger partial charge on any atom is 0.234 e. The molecule has 4 nitrogen and oxygen atoms in total. The number of hydrogen-bond acceptors (Lipinski definition) is 1. The van der Waals surface area contributed by atoms with Crippen LogP contribution in [0.4, 0.5) is 5.69 Å². The normalized spacial score (nSPS) is 20.2. The first-order valence-corrected chi connectivity index (χ1v) is 5.50. The van der Waals surface area contributed by atoms with Crippen LogP contribution in [0.15, 0.2) is 24.3 Å². The second kappa shape index (κ2) is 4.43. The highest BCUT2D eigenvalue weighted by molar-refractivity contribution is 5.96. The van der Waals surface area contributed by atoms with Crippen molar-refractivity contribution in [3.05, 3.63) is 35.4 Å². The van der Waals surface area contributed by atoms with Gasteiger partial charge in [0.05, 0.1) is 5.69 Å². The van der Waals surface area contributed by atoms with E-state index in [1.165, 1.54) is 0 Å². The van der Waals surface area contributed by atoms with Crippen LogP contribution in [0, 0.1) is 5.92 Å². The van der Waals surface area contributed by atoms with E-state index in [0.717, 1.165) is 24.1 Å². The fourth-order valence-electron chi connectivity index (χ4n) is 2.10. The highest BCUT2D eigenvalue weighted by atomic mass is 16.2. The Hall–Kier alpha value is -1.71. The van der Waals surface area contributed by atoms with Crippen LogP contribution in [0.2, 0.25) is 0 Å². The third-order valence-corrected chi connectivity index (χ3v) is 3.05. The molecule has 16 heavy (non-hydrogen) atoms. The number of fused-ring (bicyclic) bond motifs is 1. The van der Waals surface area contributed by atoms with Crippen molar-refractivity contribution < 1.29 is 9.91 Å². The summed E-state index contributed by atoms with van der Waals surface area (Å²) in [5.41, 5.74) is 10.9. The third-order valence-electron chi connectivity index (χ3n) is 3.05. The SMILES string of the molecule is CC1CCc2ccccc2N(C[NH+]=[N-])C1=O. The van der Waals surface area contributed by atoms with Crippen LogP contribution in [0.25, 0.3) is 5.53 Å². The van der Waals surface area contributed by atoms with Gasteiger partial charge in [0.1, 0.15) is 0 Å². The number of benzene rings is 1. The molecule has 0 radical (unpaired) electrons. The third kappa shape index (κ3) is 1.83. The second-order valence-electron chi connectivity index (χ2n) is 4.15. The van der Waals surface area contributed by atoms with Crippen molar-refractivity contribution in [2.24, 2.45) is 5.92 Å². The summed E-state index contributed by atoms with van der Waals surface area (Å²) >= 11 is 0. The van der Waals surface area contributed by atoms with Crippen molar-refractivity contribution in [1.82, 2.24) is 0 Å². The molecule has 0 bridgehead atoms. The van der Waals surface area contributed by atoms with Gasteiger partial charge in [-0.25, -0.2) is 0 Å². The number of hydrogen-bond donors (Lipinski definition) is 1. The smallest absolute Gasteiger partial charge is 0.234 e. The molecule has 1 atom stereocenters. The summed E-state index contributed by atoms with van der Waals surface area (Å²) in [6.07, 6.45) is 1.77. The molecule has 1 aromatic rings. The minimum absolute atomic E-state index is 0.000694. The Morgan fingerprint density at radius 3 is 3.00 bits per heavy atom. The molecule has 0 saturated carbocycles. The van der Waals surface area contributed by atoms with Gasteiger partial charge in [-0.15, -0.1) is 0 Å². The average molecular weight is 217 g/mol. The Labute approximate surface area is 94.8 Å². The Bertz CT molecular complexity index is 416. The zero-order valence-electron chi connectivity index (χ0n) is 9.31. The predicted octanol–water partition coefficient (Wildman–Crippen LogP) is 0.662. The number of rotatable bonds is 2. The van der Waals surface area contributed by atoms with Gasteiger partial charge in [0, 0.05) is 5.92 Å². The van der Waals surface area contributed by atoms with Gasteiger partial charge in [-0.1, -0.05) is 25.1 Å². The maximum absolute atomic E-state index is 12.1. The molecule has 84 valence electrons. The van der Waals surface area contributed by atoms with Crippen molar-refractivity contribution in [3.63, 3.8) is 0 Å². The van der Waals surface area contributed by atoms with Gasteiger partial charge >= 0.3 is 0 Å². The minimum atomic E-state index is 0.000694. The van der Waals surface area contributed by atoms with Crippen LogP contribution < -0.4 is 10.0 Å². The second-order valence-corrected chi connectivity index (χ2v) is 4.15. The molecule has 2 rings (SSSR count). The number of nitrogens with zero attached hydrogens (tertiary/aromatic N) is 2. The van der Waals surface area contributed by atoms with Crippen LogP contribution in [-0.4, -0.2) is 12.6 Å². The van der Waals surface area contributed by atoms with E-state index in [1.807, 2.05) is 31.2 Å². The lowest BCUT2D eigenvalue weighted by Gasteiger charge is -2.20. The Balaban J connectivity index is 2.44. The van der Waals surface area contributed by atoms with Gasteiger partial charge in [0.25, 0.3) is 0 Å². The van der Waals surface area contributed by atoms with E-state index >= 15 is 0 Å². The molecule has 0 fully saturated rings. The molecule has 0 aliphatic carbocycles. The number of anilines is 1. The van der Waals surface area contributed by atoms with Crippen molar-refractivity contribution >= 4 is 11.6 Å². The fraction of sp³-hybridized carbons (Fsp3) is 0.417. The van der Waals surface area contributed by atoms with Gasteiger partial charge in [0.15, 0.2) is 0 Å². The number of aryl methyl sites for hydroxylation is 1. The van der Waals surface area contributed by atoms with Crippen molar-refractivity contribution in [3.8, 4) is 0 Å². The number of carbonyl (C=O) groups is 1. The van der Waals surface area contributed by atoms with E-state index < -0.39 is 0 Å². The number of carbonyl (C=O) groups excluding carboxylic acids is 1. The lowest BCUT2D eigenvalue weighted by molar-refractivity contribution is -0.478. The van der Waals surface area contributed by atoms with Gasteiger partial charge in [-0.2, -0.15) is 0 Å². The summed E-state index contributed by atoms with van der Waals surface area (Å²) in [5, 5.41) is 2.06. The van der Waals surface area contributed by atoms with Crippen LogP contribution in [-0.2, 0) is 11.2 Å². The summed E-state index contributed by atoms with van der Waals surface area (Å²) < 4.78 is 0. The maximum atomic E-state index is 12.1. The van der Waals surface area contributed by atoms with Gasteiger partial charge < -0.3 is 10.6 Å². The lowest BCUT2D eigenvalue weighted by Crippen LogP contribution is -2.70. The van der Waals surface area contributed by atoms with Gasteiger partial charge in [0.2, 0.25) is 12.6 Å². The van der Waals surface area contributed by atoms with Crippen molar-refractivity contribution in [2.75, 3.05) is 11.6 Å². The Morgan fingerprint density at radius 2 is 2.25 bits per heavy atom. The topological polar surface area (TPSA) is 56.6 Å². The number of para-hydroxylation sites is 1. The quantitative estimate of drug-likeness (QED) is 0.727. The Morgan fingerprint density at radius 1 is 1.50 bits per heavy atom. The summed E-state index contributed by atoms with van der Waals surface area (Å²) in [7, 11) is 0. The van der Waals surface area contributed by atoms with Crippen LogP contribution in [0.3, 0.4) is 0 Å². The highest BCUT2D eigenvalue weighted by Gasteiger charge is 2.27. The molecular weight excluding hydrogens is 202 g/mol. The largest absolute Gasteiger partial charge is 0.507 e. The minimum Gasteiger partial charge on any atom is -0.507 e. The average Bonchev–Trinajstić information content (AvgIpc) is 2.42. The highest BCUT2D eigenvalue weighted by Crippen LogP contribution is 2.28. The van der Waals surface area contributed by atoms with E-state index in [0.29, 0.717) is 0 Å². The van der Waals surface area contributed by atoms with E-state index in [-0.39, 0.29) is 18.5 Å². The zero-order valence-corrected chi connectivity index (χ0v) is 9.31. The van der Waals surface area contributed by atoms with Gasteiger partial charge in [-0.3, -0.25) is 9.69 Å². The summed E-state index contributed by atoms with van der Waals surface area (Å²) in [6, 6.07) is 7.84. The standard InChI is InChI=1S/C12H15N3O/c1-9-6-7-10-4-2-3-5-11(10)15(8-14-13)12(9)16/h2-5,9,14H,6-8H2,1H3. The molecule has 0 saturated heterocycles. The molecule has 1 aliphatic rings. The van der Waals surface area contributed by atoms with Crippen molar-refractivity contribution in [1.29, 1.82) is 0 Å². The van der Waals surface area contributed by atoms with E-state index in [9.17, 15) is 4.79 Å². The molecular formula is C12H15N3O. The zero-order chi connectivity index (χ0) is 11.5. The molecule has 1 aromatic carbocycles. The summed E-state index contributed by atoms with van der Waals surface area (Å²) in [5.74, 6) is 0.0623. The monoisotopic (exact) mass is 217 g/mol. The molecule has 1 heterocycles. The molecule has 4 heteroatoms. The number of nitrogens with one attached hydrogen (secondary N) is 1. The molecule has 0 spiro atoms. The predicted molar refractivity (Wildman–Crippen MR) is 60.6 cm³/mol. The molecule has 1 aliphatic heterocycles. The molecule has 1 amide bonds. The molecule has 1 unspecified atom stereocenters. The van der Waals surface area contributed by atoms with E-state index in [1.54, 1.807) is 4.90 Å². The first-order chi connectivity index (χ1) is 7.74. The summed E-state index contributed by atoms with van der Waals surface area (Å²) in [4.78, 5) is 13.7. The Kier molecular flexibility index (Phi) is 2.99. The molecule has 0 aromatic heterocycles. The van der Waals surface area contributed by atoms with Crippen LogP contribution in [0.1, 0.15) is 18.9 Å². The lowest BCUT2D eigenvalue weighted by atomic mass is 10.0.